The molecular weight excluding hydrogens is 176 g/mol. The number of hydrogen-bond donors (Lipinski definition) is 3. The molecule has 1 rings (SSSR count). The maximum Gasteiger partial charge on any atom is 0.165 e. The van der Waals surface area contributed by atoms with E-state index in [0.29, 0.717) is 6.42 Å². The van der Waals surface area contributed by atoms with Crippen LogP contribution in [0.3, 0.4) is 0 Å². The highest BCUT2D eigenvalue weighted by atomic mass is 32.2. The number of nitrogens with two attached hydrogens (primary N) is 1. The smallest absolute Gasteiger partial charge is 0.165 e. The van der Waals surface area contributed by atoms with Gasteiger partial charge in [0.05, 0.1) is 0 Å². The standard InChI is InChI=1S/C6H10N4OS/c7-5(10-11)1-4-12-6-8-2-3-9-6/h2-3,11H,1,4H2,(H2,7,10)(H,8,9). The number of thioether (sulfide) groups is 1. The van der Waals surface area contributed by atoms with Gasteiger partial charge in [-0.15, -0.1) is 0 Å². The van der Waals surface area contributed by atoms with E-state index in [1.54, 1.807) is 12.4 Å². The predicted molar refractivity (Wildman–Crippen MR) is 47.3 cm³/mol. The third-order valence-corrected chi connectivity index (χ3v) is 2.10. The topological polar surface area (TPSA) is 87.3 Å². The van der Waals surface area contributed by atoms with Crippen LogP contribution in [0.5, 0.6) is 0 Å². The fourth-order valence-electron chi connectivity index (χ4n) is 0.632. The Bertz CT molecular complexity index is 246. The van der Waals surface area contributed by atoms with Crippen LogP contribution in [-0.2, 0) is 0 Å². The maximum atomic E-state index is 8.22. The number of aromatic nitrogens is 2. The maximum absolute atomic E-state index is 8.22. The van der Waals surface area contributed by atoms with Gasteiger partial charge in [0, 0.05) is 24.6 Å². The summed E-state index contributed by atoms with van der Waals surface area (Å²) in [5.74, 6) is 0.998. The van der Waals surface area contributed by atoms with Crippen LogP contribution in [0.15, 0.2) is 22.7 Å². The van der Waals surface area contributed by atoms with Crippen LogP contribution in [0.1, 0.15) is 6.42 Å². The van der Waals surface area contributed by atoms with Crippen LogP contribution in [0.4, 0.5) is 0 Å². The molecule has 0 amide bonds. The molecule has 0 spiro atoms. The minimum atomic E-state index is 0.244. The number of H-pyrrole nitrogens is 1. The highest BCUT2D eigenvalue weighted by Gasteiger charge is 1.97. The predicted octanol–water partition coefficient (Wildman–Crippen LogP) is 0.638. The van der Waals surface area contributed by atoms with Crippen LogP contribution in [-0.4, -0.2) is 26.8 Å². The molecule has 5 nitrogen and oxygen atoms in total. The molecule has 4 N–H and O–H groups in total. The molecule has 0 aliphatic carbocycles. The quantitative estimate of drug-likeness (QED) is 0.212. The Hall–Kier alpha value is -1.17. The average molecular weight is 186 g/mol. The SMILES string of the molecule is N/C(CCSc1ncc[nH]1)=N/O. The van der Waals surface area contributed by atoms with Crippen molar-refractivity contribution in [3.63, 3.8) is 0 Å². The molecular formula is C6H10N4OS. The molecule has 0 aliphatic heterocycles. The molecule has 0 aliphatic rings. The van der Waals surface area contributed by atoms with Crippen LogP contribution in [0.25, 0.3) is 0 Å². The van der Waals surface area contributed by atoms with Gasteiger partial charge in [-0.2, -0.15) is 0 Å². The van der Waals surface area contributed by atoms with Crippen molar-refractivity contribution in [1.82, 2.24) is 9.97 Å². The lowest BCUT2D eigenvalue weighted by molar-refractivity contribution is 0.317. The molecule has 0 atom stereocenters. The highest BCUT2D eigenvalue weighted by Crippen LogP contribution is 2.11. The Balaban J connectivity index is 2.19. The van der Waals surface area contributed by atoms with Gasteiger partial charge in [0.1, 0.15) is 5.84 Å². The largest absolute Gasteiger partial charge is 0.409 e. The van der Waals surface area contributed by atoms with Gasteiger partial charge in [-0.05, 0) is 0 Å². The van der Waals surface area contributed by atoms with E-state index in [9.17, 15) is 0 Å². The molecule has 0 saturated heterocycles. The molecule has 12 heavy (non-hydrogen) atoms. The third-order valence-electron chi connectivity index (χ3n) is 1.20. The first-order valence-corrected chi connectivity index (χ1v) is 4.40. The minimum Gasteiger partial charge on any atom is -0.409 e. The van der Waals surface area contributed by atoms with Gasteiger partial charge in [0.25, 0.3) is 0 Å². The second kappa shape index (κ2) is 4.66. The molecule has 1 heterocycles. The van der Waals surface area contributed by atoms with Crippen molar-refractivity contribution in [2.75, 3.05) is 5.75 Å². The molecule has 1 aromatic heterocycles. The summed E-state index contributed by atoms with van der Waals surface area (Å²) in [6.07, 6.45) is 4.00. The first-order chi connectivity index (χ1) is 5.83. The van der Waals surface area contributed by atoms with Gasteiger partial charge in [-0.25, -0.2) is 4.98 Å². The van der Waals surface area contributed by atoms with Crippen LogP contribution in [0.2, 0.25) is 0 Å². The lowest BCUT2D eigenvalue weighted by Crippen LogP contribution is -2.11. The van der Waals surface area contributed by atoms with E-state index in [0.717, 1.165) is 10.9 Å². The second-order valence-electron chi connectivity index (χ2n) is 2.08. The zero-order valence-electron chi connectivity index (χ0n) is 6.40. The van der Waals surface area contributed by atoms with Crippen LogP contribution in [0, 0.1) is 0 Å². The monoisotopic (exact) mass is 186 g/mol. The zero-order chi connectivity index (χ0) is 8.81. The van der Waals surface area contributed by atoms with Crippen molar-refractivity contribution in [2.24, 2.45) is 10.9 Å². The summed E-state index contributed by atoms with van der Waals surface area (Å²) in [6.45, 7) is 0. The molecule has 0 fully saturated rings. The number of nitrogens with one attached hydrogen (secondary N) is 1. The Morgan fingerprint density at radius 3 is 3.25 bits per heavy atom. The van der Waals surface area contributed by atoms with E-state index in [2.05, 4.69) is 15.1 Å². The number of nitrogens with zero attached hydrogens (tertiary/aromatic N) is 2. The Labute approximate surface area is 74.1 Å². The van der Waals surface area contributed by atoms with E-state index in [1.165, 1.54) is 11.8 Å². The van der Waals surface area contributed by atoms with Crippen molar-refractivity contribution in [1.29, 1.82) is 0 Å². The Morgan fingerprint density at radius 1 is 1.83 bits per heavy atom. The molecule has 0 unspecified atom stereocenters. The molecule has 0 bridgehead atoms. The van der Waals surface area contributed by atoms with Crippen molar-refractivity contribution in [3.05, 3.63) is 12.4 Å². The summed E-state index contributed by atoms with van der Waals surface area (Å²) >= 11 is 1.53. The minimum absolute atomic E-state index is 0.244. The fourth-order valence-corrected chi connectivity index (χ4v) is 1.42. The fraction of sp³-hybridized carbons (Fsp3) is 0.333. The lowest BCUT2D eigenvalue weighted by Gasteiger charge is -1.95. The molecule has 0 saturated carbocycles. The number of amidine groups is 1. The van der Waals surface area contributed by atoms with Crippen LogP contribution < -0.4 is 5.73 Å². The average Bonchev–Trinajstić information content (AvgIpc) is 2.57. The highest BCUT2D eigenvalue weighted by molar-refractivity contribution is 7.99. The molecule has 0 radical (unpaired) electrons. The summed E-state index contributed by atoms with van der Waals surface area (Å²) in [7, 11) is 0. The van der Waals surface area contributed by atoms with Crippen molar-refractivity contribution in [2.45, 2.75) is 11.6 Å². The summed E-state index contributed by atoms with van der Waals surface area (Å²) in [4.78, 5) is 6.94. The first kappa shape index (κ1) is 8.92. The van der Waals surface area contributed by atoms with Gasteiger partial charge >= 0.3 is 0 Å². The molecule has 6 heteroatoms. The molecule has 0 aromatic carbocycles. The Morgan fingerprint density at radius 2 is 2.67 bits per heavy atom. The van der Waals surface area contributed by atoms with E-state index in [1.807, 2.05) is 0 Å². The molecule has 66 valence electrons. The first-order valence-electron chi connectivity index (χ1n) is 3.41. The number of rotatable bonds is 4. The number of hydrogen-bond acceptors (Lipinski definition) is 4. The van der Waals surface area contributed by atoms with Gasteiger partial charge in [0.2, 0.25) is 0 Å². The second-order valence-corrected chi connectivity index (χ2v) is 3.17. The number of aromatic amines is 1. The molecule has 1 aromatic rings. The summed E-state index contributed by atoms with van der Waals surface area (Å²) in [5.41, 5.74) is 5.27. The summed E-state index contributed by atoms with van der Waals surface area (Å²) < 4.78 is 0. The van der Waals surface area contributed by atoms with Crippen molar-refractivity contribution >= 4 is 17.6 Å². The van der Waals surface area contributed by atoms with E-state index in [-0.39, 0.29) is 5.84 Å². The summed E-state index contributed by atoms with van der Waals surface area (Å²) in [5, 5.41) is 11.9. The van der Waals surface area contributed by atoms with Gasteiger partial charge < -0.3 is 15.9 Å². The lowest BCUT2D eigenvalue weighted by atomic mass is 10.5. The van der Waals surface area contributed by atoms with Gasteiger partial charge in [0.15, 0.2) is 5.16 Å². The zero-order valence-corrected chi connectivity index (χ0v) is 7.21. The summed E-state index contributed by atoms with van der Waals surface area (Å²) in [6, 6.07) is 0. The van der Waals surface area contributed by atoms with Crippen molar-refractivity contribution in [3.8, 4) is 0 Å². The number of imidazole rings is 1. The van der Waals surface area contributed by atoms with Gasteiger partial charge in [-0.3, -0.25) is 0 Å². The number of oxime groups is 1. The van der Waals surface area contributed by atoms with E-state index in [4.69, 9.17) is 10.9 Å². The Kier molecular flexibility index (Phi) is 3.46. The van der Waals surface area contributed by atoms with E-state index < -0.39 is 0 Å². The third kappa shape index (κ3) is 2.83. The normalized spacial score (nSPS) is 11.8. The van der Waals surface area contributed by atoms with E-state index >= 15 is 0 Å². The van der Waals surface area contributed by atoms with Crippen LogP contribution >= 0.6 is 11.8 Å². The van der Waals surface area contributed by atoms with Crippen molar-refractivity contribution < 1.29 is 5.21 Å². The van der Waals surface area contributed by atoms with Gasteiger partial charge in [-0.1, -0.05) is 16.9 Å².